The molecule has 1 saturated carbocycles. The second-order valence-electron chi connectivity index (χ2n) is 5.14. The van der Waals surface area contributed by atoms with Gasteiger partial charge in [-0.05, 0) is 25.3 Å². The van der Waals surface area contributed by atoms with Crippen molar-refractivity contribution in [2.75, 3.05) is 13.1 Å². The minimum absolute atomic E-state index is 0.371. The van der Waals surface area contributed by atoms with Gasteiger partial charge in [0.2, 0.25) is 10.0 Å². The molecule has 5 nitrogen and oxygen atoms in total. The van der Waals surface area contributed by atoms with Gasteiger partial charge in [-0.15, -0.1) is 0 Å². The largest absolute Gasteiger partial charge is 0.363 e. The van der Waals surface area contributed by atoms with E-state index in [2.05, 4.69) is 10.3 Å². The monoisotopic (exact) mass is 281 g/mol. The third kappa shape index (κ3) is 2.91. The van der Waals surface area contributed by atoms with Crippen LogP contribution in [0.4, 0.5) is 0 Å². The molecule has 0 bridgehead atoms. The minimum atomic E-state index is -3.34. The lowest BCUT2D eigenvalue weighted by atomic mass is 10.3. The third-order valence-corrected chi connectivity index (χ3v) is 5.38. The van der Waals surface area contributed by atoms with E-state index in [1.54, 1.807) is 12.3 Å². The van der Waals surface area contributed by atoms with E-state index in [1.165, 1.54) is 17.1 Å². The quantitative estimate of drug-likeness (QED) is 0.798. The molecule has 2 aliphatic rings. The van der Waals surface area contributed by atoms with Crippen LogP contribution in [0.1, 0.15) is 25.0 Å². The van der Waals surface area contributed by atoms with Crippen molar-refractivity contribution < 1.29 is 8.42 Å². The van der Waals surface area contributed by atoms with E-state index in [9.17, 15) is 8.42 Å². The zero-order valence-corrected chi connectivity index (χ0v) is 11.6. The molecular weight excluding hydrogens is 262 g/mol. The first-order chi connectivity index (χ1) is 9.16. The molecule has 19 heavy (non-hydrogen) atoms. The average Bonchev–Trinajstić information content (AvgIpc) is 3.13. The fourth-order valence-electron chi connectivity index (χ4n) is 2.20. The highest BCUT2D eigenvalue weighted by Gasteiger charge is 2.26. The topological polar surface area (TPSA) is 65.2 Å². The van der Waals surface area contributed by atoms with Gasteiger partial charge in [0.25, 0.3) is 0 Å². The van der Waals surface area contributed by atoms with Crippen LogP contribution < -0.4 is 5.32 Å². The maximum absolute atomic E-state index is 12.4. The van der Waals surface area contributed by atoms with Gasteiger partial charge >= 0.3 is 0 Å². The molecule has 0 amide bonds. The van der Waals surface area contributed by atoms with Gasteiger partial charge in [0.1, 0.15) is 0 Å². The molecule has 6 heteroatoms. The molecule has 1 aliphatic heterocycles. The van der Waals surface area contributed by atoms with Gasteiger partial charge in [0.15, 0.2) is 0 Å². The summed E-state index contributed by atoms with van der Waals surface area (Å²) in [5.74, 6) is 0. The van der Waals surface area contributed by atoms with Crippen LogP contribution in [0.15, 0.2) is 29.3 Å². The summed E-state index contributed by atoms with van der Waals surface area (Å²) >= 11 is 0. The fourth-order valence-corrected chi connectivity index (χ4v) is 3.62. The first-order valence-electron chi connectivity index (χ1n) is 6.72. The maximum Gasteiger partial charge on any atom is 0.244 e. The first-order valence-corrected chi connectivity index (χ1v) is 8.16. The van der Waals surface area contributed by atoms with Crippen LogP contribution in [0.5, 0.6) is 0 Å². The highest BCUT2D eigenvalue weighted by Crippen LogP contribution is 2.21. The molecule has 2 heterocycles. The predicted octanol–water partition coefficient (Wildman–Crippen LogP) is 1.22. The summed E-state index contributed by atoms with van der Waals surface area (Å²) in [6.45, 7) is 1.75. The van der Waals surface area contributed by atoms with Gasteiger partial charge in [-0.3, -0.25) is 0 Å². The number of aromatic nitrogens is 1. The van der Waals surface area contributed by atoms with Gasteiger partial charge in [-0.1, -0.05) is 12.2 Å². The lowest BCUT2D eigenvalue weighted by Crippen LogP contribution is -2.33. The summed E-state index contributed by atoms with van der Waals surface area (Å²) in [5.41, 5.74) is 0.929. The Morgan fingerprint density at radius 3 is 2.89 bits per heavy atom. The zero-order valence-electron chi connectivity index (χ0n) is 10.8. The number of nitrogens with one attached hydrogen (secondary N) is 2. The fraction of sp³-hybridized carbons (Fsp3) is 0.538. The van der Waals surface area contributed by atoms with Crippen LogP contribution >= 0.6 is 0 Å². The summed E-state index contributed by atoms with van der Waals surface area (Å²) in [6, 6.07) is 2.36. The van der Waals surface area contributed by atoms with Gasteiger partial charge in [-0.2, -0.15) is 4.31 Å². The Balaban J connectivity index is 1.71. The summed E-state index contributed by atoms with van der Waals surface area (Å²) in [6.07, 6.45) is 8.77. The van der Waals surface area contributed by atoms with Crippen molar-refractivity contribution in [2.24, 2.45) is 0 Å². The molecule has 1 fully saturated rings. The summed E-state index contributed by atoms with van der Waals surface area (Å²) in [7, 11) is -3.34. The smallest absolute Gasteiger partial charge is 0.244 e. The van der Waals surface area contributed by atoms with Crippen molar-refractivity contribution in [1.82, 2.24) is 14.6 Å². The van der Waals surface area contributed by atoms with E-state index in [-0.39, 0.29) is 0 Å². The molecule has 0 atom stereocenters. The average molecular weight is 281 g/mol. The van der Waals surface area contributed by atoms with Crippen molar-refractivity contribution in [2.45, 2.75) is 36.7 Å². The minimum Gasteiger partial charge on any atom is -0.363 e. The molecule has 0 unspecified atom stereocenters. The second kappa shape index (κ2) is 5.11. The van der Waals surface area contributed by atoms with Crippen LogP contribution in [-0.2, 0) is 16.6 Å². The lowest BCUT2D eigenvalue weighted by molar-refractivity contribution is 0.437. The van der Waals surface area contributed by atoms with Crippen LogP contribution in [0.3, 0.4) is 0 Å². The SMILES string of the molecule is O=S(=O)(c1c[nH]c(CNC2CC2)c1)N1CC=CCC1. The number of hydrogen-bond acceptors (Lipinski definition) is 3. The highest BCUT2D eigenvalue weighted by atomic mass is 32.2. The number of H-pyrrole nitrogens is 1. The van der Waals surface area contributed by atoms with Crippen LogP contribution in [0.2, 0.25) is 0 Å². The summed E-state index contributed by atoms with van der Waals surface area (Å²) in [4.78, 5) is 3.42. The zero-order chi connectivity index (χ0) is 13.3. The van der Waals surface area contributed by atoms with Gasteiger partial charge < -0.3 is 10.3 Å². The van der Waals surface area contributed by atoms with Crippen LogP contribution in [0.25, 0.3) is 0 Å². The number of rotatable bonds is 5. The highest BCUT2D eigenvalue weighted by molar-refractivity contribution is 7.89. The predicted molar refractivity (Wildman–Crippen MR) is 73.2 cm³/mol. The van der Waals surface area contributed by atoms with Crippen molar-refractivity contribution in [1.29, 1.82) is 0 Å². The summed E-state index contributed by atoms with van der Waals surface area (Å²) < 4.78 is 26.3. The number of nitrogens with zero attached hydrogens (tertiary/aromatic N) is 1. The van der Waals surface area contributed by atoms with E-state index in [0.29, 0.717) is 30.6 Å². The Morgan fingerprint density at radius 2 is 2.21 bits per heavy atom. The second-order valence-corrected chi connectivity index (χ2v) is 7.08. The summed E-state index contributed by atoms with van der Waals surface area (Å²) in [5, 5.41) is 3.37. The molecule has 0 radical (unpaired) electrons. The van der Waals surface area contributed by atoms with Crippen molar-refractivity contribution >= 4 is 10.0 Å². The number of aromatic amines is 1. The molecule has 0 aromatic carbocycles. The standard InChI is InChI=1S/C13H19N3O2S/c17-19(18,16-6-2-1-3-7-16)13-8-12(15-10-13)9-14-11-4-5-11/h1-2,8,10-11,14-15H,3-7,9H2. The van der Waals surface area contributed by atoms with E-state index < -0.39 is 10.0 Å². The van der Waals surface area contributed by atoms with E-state index in [1.807, 2.05) is 12.2 Å². The molecular formula is C13H19N3O2S. The third-order valence-electron chi connectivity index (χ3n) is 3.53. The number of hydrogen-bond donors (Lipinski definition) is 2. The van der Waals surface area contributed by atoms with Crippen molar-refractivity contribution in [3.63, 3.8) is 0 Å². The van der Waals surface area contributed by atoms with Crippen molar-refractivity contribution in [3.05, 3.63) is 30.1 Å². The Bertz CT molecular complexity index is 572. The maximum atomic E-state index is 12.4. The lowest BCUT2D eigenvalue weighted by Gasteiger charge is -2.21. The Labute approximate surface area is 113 Å². The molecule has 0 spiro atoms. The molecule has 1 aliphatic carbocycles. The first kappa shape index (κ1) is 12.9. The van der Waals surface area contributed by atoms with Gasteiger partial charge in [0, 0.05) is 37.6 Å². The molecule has 0 saturated heterocycles. The van der Waals surface area contributed by atoms with Crippen molar-refractivity contribution in [3.8, 4) is 0 Å². The van der Waals surface area contributed by atoms with Crippen LogP contribution in [0, 0.1) is 0 Å². The van der Waals surface area contributed by atoms with Gasteiger partial charge in [-0.25, -0.2) is 8.42 Å². The molecule has 1 aromatic heterocycles. The molecule has 2 N–H and O–H groups in total. The van der Waals surface area contributed by atoms with Gasteiger partial charge in [0.05, 0.1) is 4.90 Å². The Hall–Kier alpha value is -1.11. The molecule has 3 rings (SSSR count). The Morgan fingerprint density at radius 1 is 1.37 bits per heavy atom. The Kier molecular flexibility index (Phi) is 3.47. The van der Waals surface area contributed by atoms with E-state index in [4.69, 9.17) is 0 Å². The van der Waals surface area contributed by atoms with Crippen LogP contribution in [-0.4, -0.2) is 36.8 Å². The normalized spacial score (nSPS) is 20.8. The van der Waals surface area contributed by atoms with E-state index >= 15 is 0 Å². The number of sulfonamides is 1. The molecule has 1 aromatic rings. The molecule has 104 valence electrons. The van der Waals surface area contributed by atoms with E-state index in [0.717, 1.165) is 12.1 Å².